The minimum Gasteiger partial charge on any atom is -0.355 e. The van der Waals surface area contributed by atoms with Crippen LogP contribution in [0.2, 0.25) is 0 Å². The van der Waals surface area contributed by atoms with E-state index < -0.39 is 9.84 Å². The van der Waals surface area contributed by atoms with Crippen LogP contribution in [0.15, 0.2) is 4.99 Å². The third-order valence-corrected chi connectivity index (χ3v) is 4.85. The number of hydrogen-bond acceptors (Lipinski definition) is 3. The summed E-state index contributed by atoms with van der Waals surface area (Å²) in [5, 5.41) is 3.17. The van der Waals surface area contributed by atoms with Gasteiger partial charge in [-0.3, -0.25) is 4.99 Å². The largest absolute Gasteiger partial charge is 0.355 e. The van der Waals surface area contributed by atoms with E-state index in [1.54, 1.807) is 7.05 Å². The summed E-state index contributed by atoms with van der Waals surface area (Å²) in [6.45, 7) is 6.99. The van der Waals surface area contributed by atoms with Crippen LogP contribution in [0.25, 0.3) is 0 Å². The molecule has 1 rings (SSSR count). The van der Waals surface area contributed by atoms with Crippen LogP contribution in [-0.4, -0.2) is 58.0 Å². The molecule has 7 heteroatoms. The Bertz CT molecular complexity index is 436. The highest BCUT2D eigenvalue weighted by Gasteiger charge is 2.31. The second-order valence-electron chi connectivity index (χ2n) is 6.19. The lowest BCUT2D eigenvalue weighted by atomic mass is 9.78. The maximum Gasteiger partial charge on any atom is 0.193 e. The van der Waals surface area contributed by atoms with Crippen LogP contribution in [0.5, 0.6) is 0 Å². The highest BCUT2D eigenvalue weighted by molar-refractivity contribution is 14.0. The fourth-order valence-corrected chi connectivity index (χ4v) is 3.46. The smallest absolute Gasteiger partial charge is 0.193 e. The van der Waals surface area contributed by atoms with Crippen molar-refractivity contribution < 1.29 is 8.42 Å². The molecule has 1 heterocycles. The Labute approximate surface area is 146 Å². The summed E-state index contributed by atoms with van der Waals surface area (Å²) in [7, 11) is -1.17. The number of sulfone groups is 1. The number of nitrogens with zero attached hydrogens (tertiary/aromatic N) is 2. The van der Waals surface area contributed by atoms with Crippen molar-refractivity contribution in [1.29, 1.82) is 0 Å². The van der Waals surface area contributed by atoms with Gasteiger partial charge in [0.2, 0.25) is 0 Å². The van der Waals surface area contributed by atoms with Crippen molar-refractivity contribution in [1.82, 2.24) is 10.2 Å². The van der Waals surface area contributed by atoms with Gasteiger partial charge >= 0.3 is 0 Å². The van der Waals surface area contributed by atoms with Crippen LogP contribution in [0, 0.1) is 5.41 Å². The van der Waals surface area contributed by atoms with Crippen molar-refractivity contribution in [3.8, 4) is 0 Å². The molecule has 5 nitrogen and oxygen atoms in total. The van der Waals surface area contributed by atoms with Crippen LogP contribution in [0.4, 0.5) is 0 Å². The third kappa shape index (κ3) is 7.67. The molecule has 0 saturated carbocycles. The van der Waals surface area contributed by atoms with Crippen LogP contribution in [-0.2, 0) is 9.84 Å². The number of guanidine groups is 1. The molecule has 1 unspecified atom stereocenters. The molecule has 0 spiro atoms. The number of aliphatic imine (C=N–C) groups is 1. The minimum absolute atomic E-state index is 0. The van der Waals surface area contributed by atoms with Crippen molar-refractivity contribution >= 4 is 39.8 Å². The Morgan fingerprint density at radius 3 is 2.62 bits per heavy atom. The molecule has 0 amide bonds. The summed E-state index contributed by atoms with van der Waals surface area (Å²) >= 11 is 0. The van der Waals surface area contributed by atoms with Gasteiger partial charge in [-0.1, -0.05) is 20.3 Å². The van der Waals surface area contributed by atoms with Crippen molar-refractivity contribution in [3.63, 3.8) is 0 Å². The molecule has 1 fully saturated rings. The van der Waals surface area contributed by atoms with Gasteiger partial charge in [-0.15, -0.1) is 24.0 Å². The molecule has 0 bridgehead atoms. The van der Waals surface area contributed by atoms with Crippen LogP contribution < -0.4 is 5.32 Å². The first-order chi connectivity index (χ1) is 9.29. The zero-order valence-electron chi connectivity index (χ0n) is 13.7. The van der Waals surface area contributed by atoms with Gasteiger partial charge in [0.25, 0.3) is 0 Å². The summed E-state index contributed by atoms with van der Waals surface area (Å²) in [6.07, 6.45) is 6.12. The molecule has 0 aromatic rings. The molecule has 0 radical (unpaired) electrons. The average molecular weight is 431 g/mol. The van der Waals surface area contributed by atoms with Gasteiger partial charge in [-0.05, 0) is 24.7 Å². The van der Waals surface area contributed by atoms with E-state index in [1.807, 2.05) is 0 Å². The molecule has 126 valence electrons. The first-order valence-electron chi connectivity index (χ1n) is 7.43. The summed E-state index contributed by atoms with van der Waals surface area (Å²) in [5.74, 6) is 0.974. The molecule has 1 aliphatic rings. The molecule has 0 aliphatic carbocycles. The van der Waals surface area contributed by atoms with Gasteiger partial charge in [0, 0.05) is 32.9 Å². The number of hydrogen-bond donors (Lipinski definition) is 1. The van der Waals surface area contributed by atoms with E-state index >= 15 is 0 Å². The normalized spacial score (nSPS) is 23.6. The highest BCUT2D eigenvalue weighted by Crippen LogP contribution is 2.33. The van der Waals surface area contributed by atoms with E-state index in [2.05, 4.69) is 29.1 Å². The lowest BCUT2D eigenvalue weighted by Gasteiger charge is -2.42. The van der Waals surface area contributed by atoms with Crippen molar-refractivity contribution in [2.45, 2.75) is 39.5 Å². The number of piperidine rings is 1. The number of halogens is 1. The van der Waals surface area contributed by atoms with Crippen molar-refractivity contribution in [2.24, 2.45) is 10.4 Å². The number of nitrogens with one attached hydrogen (secondary N) is 1. The van der Waals surface area contributed by atoms with Gasteiger partial charge in [0.05, 0.1) is 5.75 Å². The average Bonchev–Trinajstić information content (AvgIpc) is 2.33. The van der Waals surface area contributed by atoms with Crippen molar-refractivity contribution in [3.05, 3.63) is 0 Å². The second-order valence-corrected chi connectivity index (χ2v) is 8.45. The van der Waals surface area contributed by atoms with Gasteiger partial charge in [-0.25, -0.2) is 8.42 Å². The zero-order chi connectivity index (χ0) is 15.2. The Morgan fingerprint density at radius 1 is 1.43 bits per heavy atom. The van der Waals surface area contributed by atoms with E-state index in [1.165, 1.54) is 31.9 Å². The zero-order valence-corrected chi connectivity index (χ0v) is 16.8. The first-order valence-corrected chi connectivity index (χ1v) is 9.49. The Morgan fingerprint density at radius 2 is 2.10 bits per heavy atom. The van der Waals surface area contributed by atoms with Gasteiger partial charge in [0.1, 0.15) is 9.84 Å². The van der Waals surface area contributed by atoms with Crippen LogP contribution >= 0.6 is 24.0 Å². The SMILES string of the molecule is CCCC1(C)CCCN(C(=NC)NCCS(C)(=O)=O)C1.I. The van der Waals surface area contributed by atoms with Gasteiger partial charge in [-0.2, -0.15) is 0 Å². The van der Waals surface area contributed by atoms with E-state index in [9.17, 15) is 8.42 Å². The number of likely N-dealkylation sites (tertiary alicyclic amines) is 1. The highest BCUT2D eigenvalue weighted by atomic mass is 127. The molecule has 1 aliphatic heterocycles. The van der Waals surface area contributed by atoms with Crippen LogP contribution in [0.1, 0.15) is 39.5 Å². The van der Waals surface area contributed by atoms with Gasteiger partial charge < -0.3 is 10.2 Å². The Balaban J connectivity index is 0.00000400. The quantitative estimate of drug-likeness (QED) is 0.412. The van der Waals surface area contributed by atoms with E-state index in [-0.39, 0.29) is 29.7 Å². The van der Waals surface area contributed by atoms with Gasteiger partial charge in [0.15, 0.2) is 5.96 Å². The predicted molar refractivity (Wildman–Crippen MR) is 100 cm³/mol. The standard InChI is InChI=1S/C14H29N3O2S.HI/c1-5-7-14(2)8-6-10-17(12-14)13(15-3)16-9-11-20(4,18)19;/h5-12H2,1-4H3,(H,15,16);1H. The summed E-state index contributed by atoms with van der Waals surface area (Å²) in [6, 6.07) is 0. The maximum absolute atomic E-state index is 11.2. The topological polar surface area (TPSA) is 61.8 Å². The summed E-state index contributed by atoms with van der Waals surface area (Å²) < 4.78 is 22.3. The lowest BCUT2D eigenvalue weighted by Crippen LogP contribution is -2.50. The minimum atomic E-state index is -2.93. The first kappa shape index (κ1) is 20.9. The molecular weight excluding hydrogens is 401 g/mol. The monoisotopic (exact) mass is 431 g/mol. The van der Waals surface area contributed by atoms with Crippen molar-refractivity contribution in [2.75, 3.05) is 38.7 Å². The third-order valence-electron chi connectivity index (χ3n) is 3.90. The van der Waals surface area contributed by atoms with E-state index in [0.29, 0.717) is 12.0 Å². The van der Waals surface area contributed by atoms with E-state index in [0.717, 1.165) is 19.0 Å². The molecule has 0 aromatic carbocycles. The molecule has 0 aromatic heterocycles. The Hall–Kier alpha value is -0.0500. The molecule has 1 atom stereocenters. The fraction of sp³-hybridized carbons (Fsp3) is 0.929. The molecule has 1 N–H and O–H groups in total. The summed E-state index contributed by atoms with van der Waals surface area (Å²) in [4.78, 5) is 6.56. The lowest BCUT2D eigenvalue weighted by molar-refractivity contribution is 0.143. The molecule has 1 saturated heterocycles. The Kier molecular flexibility index (Phi) is 9.15. The number of rotatable bonds is 5. The summed E-state index contributed by atoms with van der Waals surface area (Å²) in [5.41, 5.74) is 0.349. The maximum atomic E-state index is 11.2. The van der Waals surface area contributed by atoms with Crippen LogP contribution in [0.3, 0.4) is 0 Å². The molecular formula is C14H30IN3O2S. The van der Waals surface area contributed by atoms with E-state index in [4.69, 9.17) is 0 Å². The second kappa shape index (κ2) is 9.17. The molecule has 21 heavy (non-hydrogen) atoms. The fourth-order valence-electron chi connectivity index (χ4n) is 2.98. The predicted octanol–water partition coefficient (Wildman–Crippen LogP) is 2.13.